The fourth-order valence-corrected chi connectivity index (χ4v) is 14.3. The molecule has 0 aliphatic carbocycles. The van der Waals surface area contributed by atoms with E-state index in [-0.39, 0.29) is 26.2 Å². The zero-order valence-corrected chi connectivity index (χ0v) is 37.5. The highest BCUT2D eigenvalue weighted by Gasteiger charge is 2.62. The Morgan fingerprint density at radius 3 is 0.702 bits per heavy atom. The molecular weight excluding hydrogens is 813 g/mol. The molecule has 0 aliphatic heterocycles. The molecule has 0 aromatic rings. The molecule has 0 saturated heterocycles. The fourth-order valence-electron chi connectivity index (χ4n) is 6.13. The van der Waals surface area contributed by atoms with Crippen LogP contribution in [0, 0.1) is 45.3 Å². The van der Waals surface area contributed by atoms with Crippen molar-refractivity contribution < 1.29 is 33.7 Å². The Morgan fingerprint density at radius 1 is 0.333 bits per heavy atom. The quantitative estimate of drug-likeness (QED) is 0.0524. The van der Waals surface area contributed by atoms with Crippen LogP contribution in [0.3, 0.4) is 0 Å². The summed E-state index contributed by atoms with van der Waals surface area (Å²) in [7, 11) is -19.9. The SMILES string of the molecule is CC(CC(C)(S(=O)(=O)NCCCCCCCC#N)S(=O)(=O)NCCCCCCCC#N)(S(=O)(=O)NCCCCCCCC#N)S(=O)(=O)NCCCCCCCC#N. The molecule has 0 saturated carbocycles. The molecule has 20 heteroatoms. The smallest absolute Gasteiger partial charge is 0.214 e. The molecule has 0 unspecified atom stereocenters. The standard InChI is InChI=1S/C37H68N8O8S4/c1-36(54(46,47)42-31-23-15-7-3-11-19-27-38,55(48,49)43-32-24-16-8-4-12-20-28-39)35-37(2,56(50,51)44-33-25-17-9-5-13-21-29-40)57(52,53)45-34-26-18-10-6-14-22-30-41/h42-45H,3-26,31-35H2,1-2H3. The highest BCUT2D eigenvalue weighted by molar-refractivity contribution is 8.10. The lowest BCUT2D eigenvalue weighted by Gasteiger charge is -2.37. The summed E-state index contributed by atoms with van der Waals surface area (Å²) in [6.45, 7) is 0.974. The van der Waals surface area contributed by atoms with E-state index in [0.29, 0.717) is 128 Å². The molecule has 0 aliphatic rings. The number of rotatable bonds is 38. The van der Waals surface area contributed by atoms with E-state index in [2.05, 4.69) is 43.2 Å². The Kier molecular flexibility index (Phi) is 28.5. The van der Waals surface area contributed by atoms with Crippen molar-refractivity contribution in [3.05, 3.63) is 0 Å². The molecule has 57 heavy (non-hydrogen) atoms. The summed E-state index contributed by atoms with van der Waals surface area (Å²) in [5, 5.41) is 35.0. The first-order valence-electron chi connectivity index (χ1n) is 20.4. The number of hydrogen-bond acceptors (Lipinski definition) is 12. The minimum atomic E-state index is -4.98. The van der Waals surface area contributed by atoms with Gasteiger partial charge in [0.2, 0.25) is 48.3 Å². The molecule has 4 N–H and O–H groups in total. The molecule has 0 heterocycles. The van der Waals surface area contributed by atoms with Crippen LogP contribution in [0.15, 0.2) is 0 Å². The Bertz CT molecular complexity index is 1500. The van der Waals surface area contributed by atoms with Crippen LogP contribution in [-0.4, -0.2) is 68.0 Å². The first-order valence-corrected chi connectivity index (χ1v) is 26.3. The Balaban J connectivity index is 6.59. The topological polar surface area (TPSA) is 280 Å². The zero-order chi connectivity index (χ0) is 43.2. The van der Waals surface area contributed by atoms with Crippen molar-refractivity contribution in [3.8, 4) is 24.3 Å². The molecule has 0 spiro atoms. The highest BCUT2D eigenvalue weighted by Crippen LogP contribution is 2.39. The lowest BCUT2D eigenvalue weighted by atomic mass is 10.1. The summed E-state index contributed by atoms with van der Waals surface area (Å²) in [6, 6.07) is 8.26. The second kappa shape index (κ2) is 29.8. The lowest BCUT2D eigenvalue weighted by molar-refractivity contribution is 0.480. The predicted octanol–water partition coefficient (Wildman–Crippen LogP) is 5.94. The molecule has 0 radical (unpaired) electrons. The van der Waals surface area contributed by atoms with Crippen LogP contribution >= 0.6 is 0 Å². The molecule has 0 aromatic carbocycles. The monoisotopic (exact) mass is 880 g/mol. The number of hydrogen-bond donors (Lipinski definition) is 4. The van der Waals surface area contributed by atoms with Crippen LogP contribution in [0.4, 0.5) is 0 Å². The highest BCUT2D eigenvalue weighted by atomic mass is 32.3. The van der Waals surface area contributed by atoms with Gasteiger partial charge in [0, 0.05) is 58.3 Å². The van der Waals surface area contributed by atoms with Gasteiger partial charge >= 0.3 is 0 Å². The van der Waals surface area contributed by atoms with Gasteiger partial charge in [-0.05, 0) is 65.2 Å². The van der Waals surface area contributed by atoms with Crippen LogP contribution < -0.4 is 18.9 Å². The van der Waals surface area contributed by atoms with Gasteiger partial charge < -0.3 is 0 Å². The summed E-state index contributed by atoms with van der Waals surface area (Å²) in [6.07, 6.45) is 12.5. The number of sulfonamides is 4. The second-order valence-electron chi connectivity index (χ2n) is 14.7. The van der Waals surface area contributed by atoms with Crippen molar-refractivity contribution in [3.63, 3.8) is 0 Å². The number of nitriles is 4. The van der Waals surface area contributed by atoms with Crippen molar-refractivity contribution >= 4 is 40.1 Å². The van der Waals surface area contributed by atoms with E-state index < -0.39 is 54.7 Å². The first kappa shape index (κ1) is 54.6. The molecule has 0 bridgehead atoms. The third kappa shape index (κ3) is 20.4. The molecule has 0 amide bonds. The minimum Gasteiger partial charge on any atom is -0.214 e. The third-order valence-corrected chi connectivity index (χ3v) is 20.0. The first-order chi connectivity index (χ1) is 26.9. The average molecular weight is 881 g/mol. The van der Waals surface area contributed by atoms with Gasteiger partial charge in [0.15, 0.2) is 0 Å². The maximum Gasteiger partial charge on any atom is 0.233 e. The normalized spacial score (nSPS) is 12.7. The van der Waals surface area contributed by atoms with Crippen molar-refractivity contribution in [2.45, 2.75) is 183 Å². The fraction of sp³-hybridized carbons (Fsp3) is 0.892. The van der Waals surface area contributed by atoms with E-state index in [1.54, 1.807) is 0 Å². The lowest BCUT2D eigenvalue weighted by Crippen LogP contribution is -2.63. The summed E-state index contributed by atoms with van der Waals surface area (Å²) in [5.74, 6) is 0. The molecular formula is C37H68N8O8S4. The molecule has 16 nitrogen and oxygen atoms in total. The predicted molar refractivity (Wildman–Crippen MR) is 222 cm³/mol. The Labute approximate surface area is 345 Å². The molecule has 328 valence electrons. The maximum atomic E-state index is 14.2. The van der Waals surface area contributed by atoms with Crippen molar-refractivity contribution in [1.82, 2.24) is 18.9 Å². The molecule has 0 rings (SSSR count). The van der Waals surface area contributed by atoms with E-state index in [4.69, 9.17) is 21.0 Å². The van der Waals surface area contributed by atoms with Crippen LogP contribution in [0.1, 0.15) is 174 Å². The van der Waals surface area contributed by atoms with Gasteiger partial charge in [-0.2, -0.15) is 21.0 Å². The zero-order valence-electron chi connectivity index (χ0n) is 34.2. The van der Waals surface area contributed by atoms with Crippen molar-refractivity contribution in [2.24, 2.45) is 0 Å². The number of nitrogens with one attached hydrogen (secondary N) is 4. The second-order valence-corrected chi connectivity index (χ2v) is 24.0. The minimum absolute atomic E-state index is 0.177. The Morgan fingerprint density at radius 2 is 0.509 bits per heavy atom. The number of unbranched alkanes of at least 4 members (excludes halogenated alkanes) is 20. The van der Waals surface area contributed by atoms with E-state index in [1.807, 2.05) is 0 Å². The van der Waals surface area contributed by atoms with Crippen molar-refractivity contribution in [1.29, 1.82) is 21.0 Å². The molecule has 0 fully saturated rings. The van der Waals surface area contributed by atoms with Gasteiger partial charge in [-0.15, -0.1) is 0 Å². The van der Waals surface area contributed by atoms with Gasteiger partial charge in [-0.3, -0.25) is 0 Å². The van der Waals surface area contributed by atoms with E-state index in [0.717, 1.165) is 39.5 Å². The largest absolute Gasteiger partial charge is 0.233 e. The van der Waals surface area contributed by atoms with Crippen LogP contribution in [0.25, 0.3) is 0 Å². The van der Waals surface area contributed by atoms with Crippen molar-refractivity contribution in [2.75, 3.05) is 26.2 Å². The third-order valence-electron chi connectivity index (χ3n) is 9.95. The summed E-state index contributed by atoms with van der Waals surface area (Å²) < 4.78 is 117. The van der Waals surface area contributed by atoms with E-state index in [1.165, 1.54) is 0 Å². The van der Waals surface area contributed by atoms with Gasteiger partial charge in [0.1, 0.15) is 0 Å². The molecule has 0 aromatic heterocycles. The van der Waals surface area contributed by atoms with Crippen LogP contribution in [-0.2, 0) is 40.1 Å². The van der Waals surface area contributed by atoms with E-state index in [9.17, 15) is 33.7 Å². The summed E-state index contributed by atoms with van der Waals surface area (Å²) in [5.41, 5.74) is 0. The van der Waals surface area contributed by atoms with Gasteiger partial charge in [-0.1, -0.05) is 77.0 Å². The average Bonchev–Trinajstić information content (AvgIpc) is 3.15. The van der Waals surface area contributed by atoms with Gasteiger partial charge in [0.05, 0.1) is 24.3 Å². The summed E-state index contributed by atoms with van der Waals surface area (Å²) in [4.78, 5) is 0. The maximum absolute atomic E-state index is 14.2. The van der Waals surface area contributed by atoms with E-state index >= 15 is 0 Å². The van der Waals surface area contributed by atoms with Gasteiger partial charge in [-0.25, -0.2) is 52.6 Å². The Hall–Kier alpha value is -2.40. The summed E-state index contributed by atoms with van der Waals surface area (Å²) >= 11 is 0. The number of nitrogens with zero attached hydrogens (tertiary/aromatic N) is 4. The van der Waals surface area contributed by atoms with Crippen LogP contribution in [0.5, 0.6) is 0 Å². The van der Waals surface area contributed by atoms with Gasteiger partial charge in [0.25, 0.3) is 0 Å². The molecule has 0 atom stereocenters. The van der Waals surface area contributed by atoms with Crippen LogP contribution in [0.2, 0.25) is 0 Å².